The van der Waals surface area contributed by atoms with Gasteiger partial charge >= 0.3 is 12.2 Å². The van der Waals surface area contributed by atoms with E-state index in [1.54, 1.807) is 0 Å². The summed E-state index contributed by atoms with van der Waals surface area (Å²) in [5.74, 6) is -0.366. The third-order valence-corrected chi connectivity index (χ3v) is 6.36. The molecule has 0 saturated carbocycles. The van der Waals surface area contributed by atoms with E-state index in [-0.39, 0.29) is 38.4 Å². The van der Waals surface area contributed by atoms with Crippen molar-refractivity contribution in [3.63, 3.8) is 0 Å². The number of sulfonamides is 1. The molecule has 3 rings (SSSR count). The number of urea groups is 1. The summed E-state index contributed by atoms with van der Waals surface area (Å²) in [7, 11) is -4.09. The molecule has 1 N–H and O–H groups in total. The molecule has 1 aromatic carbocycles. The second kappa shape index (κ2) is 6.54. The Balaban J connectivity index is 1.74. The molecule has 3 amide bonds. The molecule has 0 bridgehead atoms. The fourth-order valence-corrected chi connectivity index (χ4v) is 4.64. The molecule has 7 nitrogen and oxygen atoms in total. The van der Waals surface area contributed by atoms with Crippen molar-refractivity contribution in [2.24, 2.45) is 0 Å². The Hall–Kier alpha value is -2.14. The van der Waals surface area contributed by atoms with Crippen molar-refractivity contribution in [1.82, 2.24) is 14.5 Å². The average molecular weight is 391 g/mol. The molecular formula is C15H16F3N3O4S. The highest BCUT2D eigenvalue weighted by molar-refractivity contribution is 7.89. The number of piperidine rings is 1. The highest BCUT2D eigenvalue weighted by Gasteiger charge is 2.39. The SMILES string of the molecule is O=C1CNC(=O)N1C1CCN(S(=O)(=O)c2cccc(C(F)(F)F)c2)CC1. The highest BCUT2D eigenvalue weighted by atomic mass is 32.2. The molecule has 0 aliphatic carbocycles. The number of amides is 3. The predicted octanol–water partition coefficient (Wildman–Crippen LogP) is 1.41. The topological polar surface area (TPSA) is 86.8 Å². The van der Waals surface area contributed by atoms with Crippen molar-refractivity contribution in [2.75, 3.05) is 19.6 Å². The van der Waals surface area contributed by atoms with E-state index in [9.17, 15) is 31.2 Å². The van der Waals surface area contributed by atoms with Gasteiger partial charge in [-0.25, -0.2) is 13.2 Å². The lowest BCUT2D eigenvalue weighted by molar-refractivity contribution is -0.137. The van der Waals surface area contributed by atoms with Crippen molar-refractivity contribution in [3.05, 3.63) is 29.8 Å². The Labute approximate surface area is 147 Å². The van der Waals surface area contributed by atoms with Crippen LogP contribution < -0.4 is 5.32 Å². The van der Waals surface area contributed by atoms with Crippen molar-refractivity contribution in [1.29, 1.82) is 0 Å². The third kappa shape index (κ3) is 3.40. The Kier molecular flexibility index (Phi) is 4.69. The molecule has 0 unspecified atom stereocenters. The third-order valence-electron chi connectivity index (χ3n) is 4.47. The number of carbonyl (C=O) groups excluding carboxylic acids is 2. The summed E-state index contributed by atoms with van der Waals surface area (Å²) in [5.41, 5.74) is -1.03. The summed E-state index contributed by atoms with van der Waals surface area (Å²) in [6, 6.07) is 2.66. The minimum absolute atomic E-state index is 0.0142. The van der Waals surface area contributed by atoms with Gasteiger partial charge in [0, 0.05) is 19.1 Å². The first kappa shape index (κ1) is 18.6. The molecule has 0 radical (unpaired) electrons. The van der Waals surface area contributed by atoms with Crippen LogP contribution in [0.4, 0.5) is 18.0 Å². The van der Waals surface area contributed by atoms with Gasteiger partial charge in [-0.2, -0.15) is 17.5 Å². The zero-order valence-electron chi connectivity index (χ0n) is 13.5. The lowest BCUT2D eigenvalue weighted by atomic mass is 10.1. The number of halogens is 3. The van der Waals surface area contributed by atoms with E-state index < -0.39 is 38.7 Å². The van der Waals surface area contributed by atoms with Crippen LogP contribution in [-0.2, 0) is 21.0 Å². The van der Waals surface area contributed by atoms with E-state index in [1.165, 1.54) is 0 Å². The Morgan fingerprint density at radius 2 is 1.77 bits per heavy atom. The molecule has 2 saturated heterocycles. The summed E-state index contributed by atoms with van der Waals surface area (Å²) in [4.78, 5) is 24.1. The smallest absolute Gasteiger partial charge is 0.329 e. The maximum Gasteiger partial charge on any atom is 0.416 e. The van der Waals surface area contributed by atoms with Crippen LogP contribution in [0.3, 0.4) is 0 Å². The quantitative estimate of drug-likeness (QED) is 0.790. The molecule has 142 valence electrons. The number of hydrogen-bond acceptors (Lipinski definition) is 4. The molecule has 11 heteroatoms. The number of alkyl halides is 3. The summed E-state index contributed by atoms with van der Waals surface area (Å²) >= 11 is 0. The standard InChI is InChI=1S/C15H16F3N3O4S/c16-15(17,18)10-2-1-3-12(8-10)26(24,25)20-6-4-11(5-7-20)21-13(22)9-19-14(21)23/h1-3,8,11H,4-7,9H2,(H,19,23). The minimum atomic E-state index is -4.64. The second-order valence-electron chi connectivity index (χ2n) is 6.08. The Morgan fingerprint density at radius 1 is 1.12 bits per heavy atom. The number of nitrogens with zero attached hydrogens (tertiary/aromatic N) is 2. The van der Waals surface area contributed by atoms with Gasteiger partial charge in [-0.05, 0) is 31.0 Å². The summed E-state index contributed by atoms with van der Waals surface area (Å²) in [6.07, 6.45) is -4.17. The Bertz CT molecular complexity index is 817. The fraction of sp³-hybridized carbons (Fsp3) is 0.467. The van der Waals surface area contributed by atoms with E-state index in [0.717, 1.165) is 27.4 Å². The van der Waals surface area contributed by atoms with Gasteiger partial charge in [0.1, 0.15) is 0 Å². The lowest BCUT2D eigenvalue weighted by Crippen LogP contribution is -2.48. The number of hydrogen-bond donors (Lipinski definition) is 1. The number of nitrogens with one attached hydrogen (secondary N) is 1. The second-order valence-corrected chi connectivity index (χ2v) is 8.02. The lowest BCUT2D eigenvalue weighted by Gasteiger charge is -2.34. The zero-order valence-corrected chi connectivity index (χ0v) is 14.3. The maximum atomic E-state index is 12.8. The molecule has 0 atom stereocenters. The molecule has 26 heavy (non-hydrogen) atoms. The van der Waals surface area contributed by atoms with Crippen LogP contribution in [0.15, 0.2) is 29.2 Å². The van der Waals surface area contributed by atoms with Gasteiger partial charge in [-0.15, -0.1) is 0 Å². The normalized spacial score (nSPS) is 20.5. The first-order valence-corrected chi connectivity index (χ1v) is 9.32. The largest absolute Gasteiger partial charge is 0.416 e. The van der Waals surface area contributed by atoms with Gasteiger partial charge in [0.25, 0.3) is 0 Å². The van der Waals surface area contributed by atoms with Gasteiger partial charge in [-0.1, -0.05) is 6.07 Å². The van der Waals surface area contributed by atoms with Crippen LogP contribution in [-0.4, -0.2) is 55.2 Å². The van der Waals surface area contributed by atoms with E-state index in [4.69, 9.17) is 0 Å². The first-order valence-electron chi connectivity index (χ1n) is 7.88. The summed E-state index contributed by atoms with van der Waals surface area (Å²) in [6.45, 7) is -0.0534. The van der Waals surface area contributed by atoms with Gasteiger partial charge in [0.05, 0.1) is 17.0 Å². The van der Waals surface area contributed by atoms with Gasteiger partial charge in [0.2, 0.25) is 15.9 Å². The molecular weight excluding hydrogens is 375 g/mol. The maximum absolute atomic E-state index is 12.8. The molecule has 2 fully saturated rings. The highest BCUT2D eigenvalue weighted by Crippen LogP contribution is 2.32. The zero-order chi connectivity index (χ0) is 19.1. The summed E-state index contributed by atoms with van der Waals surface area (Å²) < 4.78 is 64.8. The van der Waals surface area contributed by atoms with E-state index >= 15 is 0 Å². The summed E-state index contributed by atoms with van der Waals surface area (Å²) in [5, 5.41) is 2.40. The molecule has 2 aliphatic heterocycles. The number of carbonyl (C=O) groups is 2. The first-order chi connectivity index (χ1) is 12.1. The van der Waals surface area contributed by atoms with Crippen LogP contribution in [0.5, 0.6) is 0 Å². The number of benzene rings is 1. The van der Waals surface area contributed by atoms with Crippen molar-refractivity contribution in [2.45, 2.75) is 30.0 Å². The predicted molar refractivity (Wildman–Crippen MR) is 83.5 cm³/mol. The van der Waals surface area contributed by atoms with Crippen molar-refractivity contribution in [3.8, 4) is 0 Å². The Morgan fingerprint density at radius 3 is 2.31 bits per heavy atom. The van der Waals surface area contributed by atoms with Crippen LogP contribution in [0.25, 0.3) is 0 Å². The molecule has 0 spiro atoms. The van der Waals surface area contributed by atoms with Gasteiger partial charge in [0.15, 0.2) is 0 Å². The number of rotatable bonds is 3. The van der Waals surface area contributed by atoms with E-state index in [0.29, 0.717) is 6.07 Å². The van der Waals surface area contributed by atoms with Crippen LogP contribution in [0.1, 0.15) is 18.4 Å². The molecule has 2 heterocycles. The van der Waals surface area contributed by atoms with Gasteiger partial charge in [-0.3, -0.25) is 9.69 Å². The van der Waals surface area contributed by atoms with Crippen molar-refractivity contribution < 1.29 is 31.2 Å². The van der Waals surface area contributed by atoms with E-state index in [1.807, 2.05) is 0 Å². The average Bonchev–Trinajstić information content (AvgIpc) is 2.93. The van der Waals surface area contributed by atoms with Crippen LogP contribution in [0, 0.1) is 0 Å². The monoisotopic (exact) mass is 391 g/mol. The van der Waals surface area contributed by atoms with Crippen molar-refractivity contribution >= 4 is 22.0 Å². The van der Waals surface area contributed by atoms with E-state index in [2.05, 4.69) is 5.32 Å². The van der Waals surface area contributed by atoms with Gasteiger partial charge < -0.3 is 5.32 Å². The van der Waals surface area contributed by atoms with Crippen LogP contribution >= 0.6 is 0 Å². The fourth-order valence-electron chi connectivity index (χ4n) is 3.13. The molecule has 1 aromatic rings. The number of imide groups is 1. The molecule has 0 aromatic heterocycles. The molecule has 2 aliphatic rings. The van der Waals surface area contributed by atoms with Crippen LogP contribution in [0.2, 0.25) is 0 Å². The minimum Gasteiger partial charge on any atom is -0.329 e.